The van der Waals surface area contributed by atoms with Crippen LogP contribution in [0.3, 0.4) is 0 Å². The van der Waals surface area contributed by atoms with Gasteiger partial charge in [-0.1, -0.05) is 0 Å². The molecule has 0 unspecified atom stereocenters. The summed E-state index contributed by atoms with van der Waals surface area (Å²) in [6.07, 6.45) is -3.06. The number of rotatable bonds is 4. The van der Waals surface area contributed by atoms with Crippen molar-refractivity contribution in [3.05, 3.63) is 0 Å². The number of halogens is 3. The Morgan fingerprint density at radius 2 is 1.87 bits per heavy atom. The standard InChI is InChI=1S/C9H14F3NO2/c1-8(2,7(14)15)13(6-3-4-6)5-9(10,11)12/h6H,3-5H2,1-2H3,(H,14,15). The molecule has 88 valence electrons. The lowest BCUT2D eigenvalue weighted by Crippen LogP contribution is -2.54. The van der Waals surface area contributed by atoms with Gasteiger partial charge in [-0.05, 0) is 26.7 Å². The minimum atomic E-state index is -4.35. The molecule has 0 radical (unpaired) electrons. The van der Waals surface area contributed by atoms with Crippen molar-refractivity contribution in [2.75, 3.05) is 6.54 Å². The van der Waals surface area contributed by atoms with Crippen LogP contribution in [0.25, 0.3) is 0 Å². The van der Waals surface area contributed by atoms with E-state index >= 15 is 0 Å². The number of alkyl halides is 3. The molecule has 1 N–H and O–H groups in total. The van der Waals surface area contributed by atoms with Gasteiger partial charge < -0.3 is 5.11 Å². The van der Waals surface area contributed by atoms with Crippen molar-refractivity contribution in [3.8, 4) is 0 Å². The molecule has 15 heavy (non-hydrogen) atoms. The highest BCUT2D eigenvalue weighted by atomic mass is 19.4. The van der Waals surface area contributed by atoms with Gasteiger partial charge >= 0.3 is 12.1 Å². The van der Waals surface area contributed by atoms with Crippen LogP contribution in [-0.2, 0) is 4.79 Å². The van der Waals surface area contributed by atoms with Crippen LogP contribution >= 0.6 is 0 Å². The fourth-order valence-corrected chi connectivity index (χ4v) is 1.49. The topological polar surface area (TPSA) is 40.5 Å². The normalized spacial score (nSPS) is 18.3. The fourth-order valence-electron chi connectivity index (χ4n) is 1.49. The van der Waals surface area contributed by atoms with Crippen molar-refractivity contribution in [1.29, 1.82) is 0 Å². The first-order valence-electron chi connectivity index (χ1n) is 4.71. The summed E-state index contributed by atoms with van der Waals surface area (Å²) in [5.41, 5.74) is -1.46. The molecule has 1 aliphatic carbocycles. The minimum absolute atomic E-state index is 0.238. The third-order valence-corrected chi connectivity index (χ3v) is 2.58. The Kier molecular flexibility index (Phi) is 3.00. The minimum Gasteiger partial charge on any atom is -0.480 e. The van der Waals surface area contributed by atoms with Crippen LogP contribution in [0.2, 0.25) is 0 Å². The van der Waals surface area contributed by atoms with E-state index < -0.39 is 24.2 Å². The van der Waals surface area contributed by atoms with Gasteiger partial charge in [0.15, 0.2) is 0 Å². The Bertz CT molecular complexity index is 259. The van der Waals surface area contributed by atoms with Crippen LogP contribution in [0.1, 0.15) is 26.7 Å². The van der Waals surface area contributed by atoms with Crippen LogP contribution in [0.5, 0.6) is 0 Å². The zero-order chi connectivity index (χ0) is 11.9. The van der Waals surface area contributed by atoms with E-state index in [1.165, 1.54) is 13.8 Å². The third kappa shape index (κ3) is 3.09. The van der Waals surface area contributed by atoms with E-state index in [9.17, 15) is 18.0 Å². The van der Waals surface area contributed by atoms with Crippen molar-refractivity contribution >= 4 is 5.97 Å². The van der Waals surface area contributed by atoms with Gasteiger partial charge in [0.1, 0.15) is 5.54 Å². The van der Waals surface area contributed by atoms with E-state index in [1.54, 1.807) is 0 Å². The fraction of sp³-hybridized carbons (Fsp3) is 0.889. The second-order valence-electron chi connectivity index (χ2n) is 4.34. The first-order chi connectivity index (χ1) is 6.64. The summed E-state index contributed by atoms with van der Waals surface area (Å²) in [5, 5.41) is 8.88. The van der Waals surface area contributed by atoms with Crippen molar-refractivity contribution in [2.45, 2.75) is 44.4 Å². The number of carboxylic acid groups (broad SMARTS) is 1. The molecule has 0 heterocycles. The largest absolute Gasteiger partial charge is 0.480 e. The molecule has 0 spiro atoms. The van der Waals surface area contributed by atoms with E-state index in [2.05, 4.69) is 0 Å². The third-order valence-electron chi connectivity index (χ3n) is 2.58. The highest BCUT2D eigenvalue weighted by Crippen LogP contribution is 2.35. The smallest absolute Gasteiger partial charge is 0.401 e. The molecule has 0 aromatic rings. The number of carboxylic acids is 1. The van der Waals surface area contributed by atoms with Gasteiger partial charge in [0.05, 0.1) is 6.54 Å². The Labute approximate surface area is 85.9 Å². The van der Waals surface area contributed by atoms with E-state index in [0.717, 1.165) is 4.90 Å². The van der Waals surface area contributed by atoms with E-state index in [0.29, 0.717) is 12.8 Å². The summed E-state index contributed by atoms with van der Waals surface area (Å²) in [5.74, 6) is -1.22. The average Bonchev–Trinajstić information content (AvgIpc) is 2.80. The maximum Gasteiger partial charge on any atom is 0.401 e. The van der Waals surface area contributed by atoms with Crippen molar-refractivity contribution in [2.24, 2.45) is 0 Å². The molecule has 6 heteroatoms. The van der Waals surface area contributed by atoms with Crippen LogP contribution in [0, 0.1) is 0 Å². The van der Waals surface area contributed by atoms with Crippen molar-refractivity contribution in [1.82, 2.24) is 4.90 Å². The quantitative estimate of drug-likeness (QED) is 0.794. The Morgan fingerprint density at radius 3 is 2.13 bits per heavy atom. The van der Waals surface area contributed by atoms with Crippen LogP contribution in [-0.4, -0.2) is 40.3 Å². The molecule has 3 nitrogen and oxygen atoms in total. The molecular formula is C9H14F3NO2. The lowest BCUT2D eigenvalue weighted by Gasteiger charge is -2.35. The van der Waals surface area contributed by atoms with Gasteiger partial charge in [-0.15, -0.1) is 0 Å². The number of aliphatic carboxylic acids is 1. The molecule has 1 fully saturated rings. The van der Waals surface area contributed by atoms with Gasteiger partial charge in [0.2, 0.25) is 0 Å². The monoisotopic (exact) mass is 225 g/mol. The predicted octanol–water partition coefficient (Wildman–Crippen LogP) is 1.88. The summed E-state index contributed by atoms with van der Waals surface area (Å²) < 4.78 is 36.8. The maximum atomic E-state index is 12.3. The van der Waals surface area contributed by atoms with E-state index in [-0.39, 0.29) is 6.04 Å². The Balaban J connectivity index is 2.78. The molecule has 0 saturated heterocycles. The lowest BCUT2D eigenvalue weighted by atomic mass is 10.0. The Hall–Kier alpha value is -0.780. The molecule has 1 aliphatic rings. The second kappa shape index (κ2) is 3.66. The SMILES string of the molecule is CC(C)(C(=O)O)N(CC(F)(F)F)C1CC1. The molecule has 0 bridgehead atoms. The molecule has 1 saturated carbocycles. The summed E-state index contributed by atoms with van der Waals surface area (Å²) in [6.45, 7) is 1.45. The van der Waals surface area contributed by atoms with Crippen molar-refractivity contribution < 1.29 is 23.1 Å². The molecule has 1 rings (SSSR count). The summed E-state index contributed by atoms with van der Waals surface area (Å²) in [7, 11) is 0. The van der Waals surface area contributed by atoms with E-state index in [1.807, 2.05) is 0 Å². The molecule has 0 aliphatic heterocycles. The zero-order valence-corrected chi connectivity index (χ0v) is 8.64. The molecule has 0 aromatic heterocycles. The number of hydrogen-bond acceptors (Lipinski definition) is 2. The van der Waals surface area contributed by atoms with E-state index in [4.69, 9.17) is 5.11 Å². The van der Waals surface area contributed by atoms with Gasteiger partial charge in [-0.25, -0.2) is 0 Å². The highest BCUT2D eigenvalue weighted by Gasteiger charge is 2.47. The zero-order valence-electron chi connectivity index (χ0n) is 8.64. The first-order valence-corrected chi connectivity index (χ1v) is 4.71. The molecule has 0 atom stereocenters. The maximum absolute atomic E-state index is 12.3. The summed E-state index contributed by atoms with van der Waals surface area (Å²) in [6, 6.07) is -0.238. The van der Waals surface area contributed by atoms with Crippen molar-refractivity contribution in [3.63, 3.8) is 0 Å². The van der Waals surface area contributed by atoms with Crippen LogP contribution < -0.4 is 0 Å². The van der Waals surface area contributed by atoms with Gasteiger partial charge in [-0.3, -0.25) is 9.69 Å². The molecular weight excluding hydrogens is 211 g/mol. The average molecular weight is 225 g/mol. The van der Waals surface area contributed by atoms with Crippen LogP contribution in [0.15, 0.2) is 0 Å². The molecule has 0 aromatic carbocycles. The van der Waals surface area contributed by atoms with Crippen LogP contribution in [0.4, 0.5) is 13.2 Å². The number of nitrogens with zero attached hydrogens (tertiary/aromatic N) is 1. The summed E-state index contributed by atoms with van der Waals surface area (Å²) in [4.78, 5) is 11.9. The predicted molar refractivity (Wildman–Crippen MR) is 47.5 cm³/mol. The molecule has 0 amide bonds. The first kappa shape index (κ1) is 12.3. The lowest BCUT2D eigenvalue weighted by molar-refractivity contribution is -0.172. The number of carbonyl (C=O) groups is 1. The summed E-state index contributed by atoms with van der Waals surface area (Å²) >= 11 is 0. The highest BCUT2D eigenvalue weighted by molar-refractivity contribution is 5.77. The van der Waals surface area contributed by atoms with Gasteiger partial charge in [0, 0.05) is 6.04 Å². The number of hydrogen-bond donors (Lipinski definition) is 1. The van der Waals surface area contributed by atoms with Gasteiger partial charge in [0.25, 0.3) is 0 Å². The Morgan fingerprint density at radius 1 is 1.40 bits per heavy atom. The second-order valence-corrected chi connectivity index (χ2v) is 4.34. The van der Waals surface area contributed by atoms with Gasteiger partial charge in [-0.2, -0.15) is 13.2 Å².